The standard InChI is InChI=1S/C31H37ClN4O7S/c1-6-16-33-31(38)26(7-2)34(19-23-11-8-21(3)9-12-23)30(37)20-35(28-17-24(32)13-15-29(28)43-5)44(41,42)25-14-10-22(4)27(18-25)36(39)40/h8-15,17-18,26H,6-7,16,19-20H2,1-5H3,(H,33,38)/t26-/m1/s1. The zero-order chi connectivity index (χ0) is 32.6. The number of nitrogens with one attached hydrogen (secondary N) is 1. The topological polar surface area (TPSA) is 139 Å². The average molecular weight is 645 g/mol. The number of nitrogens with zero attached hydrogens (tertiary/aromatic N) is 3. The molecule has 44 heavy (non-hydrogen) atoms. The second-order valence-electron chi connectivity index (χ2n) is 10.3. The van der Waals surface area contributed by atoms with E-state index in [0.29, 0.717) is 13.0 Å². The quantitative estimate of drug-likeness (QED) is 0.183. The van der Waals surface area contributed by atoms with Crippen molar-refractivity contribution in [2.75, 3.05) is 24.5 Å². The fourth-order valence-electron chi connectivity index (χ4n) is 4.62. The lowest BCUT2D eigenvalue weighted by Gasteiger charge is -2.33. The van der Waals surface area contributed by atoms with Crippen molar-refractivity contribution < 1.29 is 27.7 Å². The van der Waals surface area contributed by atoms with Crippen LogP contribution in [0.4, 0.5) is 11.4 Å². The molecule has 0 heterocycles. The molecule has 0 fully saturated rings. The summed E-state index contributed by atoms with van der Waals surface area (Å²) in [5, 5.41) is 14.7. The maximum atomic E-state index is 14.2. The van der Waals surface area contributed by atoms with Crippen LogP contribution < -0.4 is 14.4 Å². The van der Waals surface area contributed by atoms with E-state index in [-0.39, 0.29) is 40.9 Å². The van der Waals surface area contributed by atoms with Gasteiger partial charge in [-0.05, 0) is 56.5 Å². The minimum absolute atomic E-state index is 0.0355. The summed E-state index contributed by atoms with van der Waals surface area (Å²) in [7, 11) is -3.27. The van der Waals surface area contributed by atoms with E-state index < -0.39 is 44.0 Å². The van der Waals surface area contributed by atoms with Gasteiger partial charge >= 0.3 is 0 Å². The number of anilines is 1. The van der Waals surface area contributed by atoms with E-state index in [0.717, 1.165) is 21.5 Å². The van der Waals surface area contributed by atoms with Gasteiger partial charge in [0.1, 0.15) is 18.3 Å². The van der Waals surface area contributed by atoms with E-state index >= 15 is 0 Å². The summed E-state index contributed by atoms with van der Waals surface area (Å²) >= 11 is 6.27. The molecule has 0 bridgehead atoms. The Morgan fingerprint density at radius 1 is 1.05 bits per heavy atom. The van der Waals surface area contributed by atoms with E-state index in [2.05, 4.69) is 5.32 Å². The van der Waals surface area contributed by atoms with Crippen molar-refractivity contribution in [1.82, 2.24) is 10.2 Å². The Morgan fingerprint density at radius 2 is 1.73 bits per heavy atom. The molecule has 0 radical (unpaired) electrons. The van der Waals surface area contributed by atoms with Crippen molar-refractivity contribution in [3.8, 4) is 5.75 Å². The van der Waals surface area contributed by atoms with Gasteiger partial charge in [-0.2, -0.15) is 0 Å². The smallest absolute Gasteiger partial charge is 0.273 e. The fraction of sp³-hybridized carbons (Fsp3) is 0.355. The third-order valence-electron chi connectivity index (χ3n) is 7.06. The van der Waals surface area contributed by atoms with Crippen LogP contribution >= 0.6 is 11.6 Å². The van der Waals surface area contributed by atoms with E-state index in [1.54, 1.807) is 6.92 Å². The number of halogens is 1. The number of ether oxygens (including phenoxy) is 1. The molecule has 0 spiro atoms. The highest BCUT2D eigenvalue weighted by Crippen LogP contribution is 2.36. The summed E-state index contributed by atoms with van der Waals surface area (Å²) in [4.78, 5) is 39.4. The average Bonchev–Trinajstić information content (AvgIpc) is 2.99. The molecule has 3 aromatic carbocycles. The second-order valence-corrected chi connectivity index (χ2v) is 12.6. The first-order chi connectivity index (χ1) is 20.8. The molecule has 0 aromatic heterocycles. The van der Waals surface area contributed by atoms with Crippen LogP contribution in [0, 0.1) is 24.0 Å². The molecule has 3 rings (SSSR count). The second kappa shape index (κ2) is 15.0. The zero-order valence-corrected chi connectivity index (χ0v) is 26.9. The molecule has 0 unspecified atom stereocenters. The zero-order valence-electron chi connectivity index (χ0n) is 25.4. The summed E-state index contributed by atoms with van der Waals surface area (Å²) in [5.74, 6) is -0.930. The third kappa shape index (κ3) is 8.06. The number of methoxy groups -OCH3 is 1. The van der Waals surface area contributed by atoms with Crippen LogP contribution in [0.3, 0.4) is 0 Å². The lowest BCUT2D eigenvalue weighted by molar-refractivity contribution is -0.385. The predicted octanol–water partition coefficient (Wildman–Crippen LogP) is 5.40. The maximum Gasteiger partial charge on any atom is 0.273 e. The van der Waals surface area contributed by atoms with Gasteiger partial charge in [-0.3, -0.25) is 24.0 Å². The molecular formula is C31H37ClN4O7S. The largest absolute Gasteiger partial charge is 0.495 e. The van der Waals surface area contributed by atoms with Gasteiger partial charge in [0.05, 0.1) is 22.6 Å². The highest BCUT2D eigenvalue weighted by Gasteiger charge is 2.35. The van der Waals surface area contributed by atoms with E-state index in [1.165, 1.54) is 49.3 Å². The Bertz CT molecular complexity index is 1610. The Labute approximate surface area is 263 Å². The van der Waals surface area contributed by atoms with E-state index in [9.17, 15) is 28.1 Å². The number of nitro groups is 1. The Morgan fingerprint density at radius 3 is 2.32 bits per heavy atom. The lowest BCUT2D eigenvalue weighted by Crippen LogP contribution is -2.52. The molecule has 1 N–H and O–H groups in total. The van der Waals surface area contributed by atoms with Crippen molar-refractivity contribution in [3.05, 3.63) is 92.5 Å². The van der Waals surface area contributed by atoms with Gasteiger partial charge in [0, 0.05) is 29.7 Å². The number of hydrogen-bond donors (Lipinski definition) is 1. The van der Waals surface area contributed by atoms with Crippen LogP contribution in [0.5, 0.6) is 5.75 Å². The van der Waals surface area contributed by atoms with Crippen molar-refractivity contribution in [3.63, 3.8) is 0 Å². The van der Waals surface area contributed by atoms with Gasteiger partial charge in [-0.25, -0.2) is 8.42 Å². The molecule has 1 atom stereocenters. The highest BCUT2D eigenvalue weighted by molar-refractivity contribution is 7.92. The van der Waals surface area contributed by atoms with Gasteiger partial charge in [0.2, 0.25) is 11.8 Å². The van der Waals surface area contributed by atoms with Crippen LogP contribution in [0.2, 0.25) is 5.02 Å². The predicted molar refractivity (Wildman–Crippen MR) is 169 cm³/mol. The first-order valence-corrected chi connectivity index (χ1v) is 15.9. The number of rotatable bonds is 14. The molecule has 236 valence electrons. The number of benzene rings is 3. The van der Waals surface area contributed by atoms with Crippen LogP contribution in [0.25, 0.3) is 0 Å². The Kier molecular flexibility index (Phi) is 11.7. The van der Waals surface area contributed by atoms with Crippen molar-refractivity contribution in [1.29, 1.82) is 0 Å². The summed E-state index contributed by atoms with van der Waals surface area (Å²) in [5.41, 5.74) is 1.59. The van der Waals surface area contributed by atoms with Gasteiger partial charge in [0.15, 0.2) is 0 Å². The molecule has 11 nitrogen and oxygen atoms in total. The van der Waals surface area contributed by atoms with Crippen LogP contribution in [-0.4, -0.2) is 56.3 Å². The first kappa shape index (κ1) is 34.3. The Hall–Kier alpha value is -4.16. The minimum Gasteiger partial charge on any atom is -0.495 e. The van der Waals surface area contributed by atoms with Gasteiger partial charge in [-0.15, -0.1) is 0 Å². The van der Waals surface area contributed by atoms with Crippen molar-refractivity contribution in [2.45, 2.75) is 58.0 Å². The Balaban J connectivity index is 2.18. The number of carbonyl (C=O) groups is 2. The molecular weight excluding hydrogens is 608 g/mol. The van der Waals surface area contributed by atoms with Gasteiger partial charge in [0.25, 0.3) is 15.7 Å². The van der Waals surface area contributed by atoms with Crippen LogP contribution in [0.15, 0.2) is 65.6 Å². The molecule has 0 aliphatic carbocycles. The van der Waals surface area contributed by atoms with Gasteiger partial charge in [-0.1, -0.05) is 61.3 Å². The number of sulfonamides is 1. The molecule has 2 amide bonds. The molecule has 0 saturated carbocycles. The SMILES string of the molecule is CCCNC(=O)[C@@H](CC)N(Cc1ccc(C)cc1)C(=O)CN(c1cc(Cl)ccc1OC)S(=O)(=O)c1ccc(C)c([N+](=O)[O-])c1. The highest BCUT2D eigenvalue weighted by atomic mass is 35.5. The summed E-state index contributed by atoms with van der Waals surface area (Å²) < 4.78 is 34.7. The minimum atomic E-state index is -4.61. The number of nitro benzene ring substituents is 1. The van der Waals surface area contributed by atoms with E-state index in [1.807, 2.05) is 38.1 Å². The number of carbonyl (C=O) groups excluding carboxylic acids is 2. The molecule has 13 heteroatoms. The molecule has 3 aromatic rings. The molecule has 0 aliphatic rings. The number of hydrogen-bond acceptors (Lipinski definition) is 7. The summed E-state index contributed by atoms with van der Waals surface area (Å²) in [6.45, 7) is 6.80. The maximum absolute atomic E-state index is 14.2. The monoisotopic (exact) mass is 644 g/mol. The normalized spacial score (nSPS) is 11.9. The third-order valence-corrected chi connectivity index (χ3v) is 9.05. The van der Waals surface area contributed by atoms with Gasteiger partial charge < -0.3 is 15.0 Å². The van der Waals surface area contributed by atoms with Crippen LogP contribution in [-0.2, 0) is 26.2 Å². The molecule has 0 aliphatic heterocycles. The summed E-state index contributed by atoms with van der Waals surface area (Å²) in [6, 6.07) is 14.4. The van der Waals surface area contributed by atoms with Crippen molar-refractivity contribution in [2.24, 2.45) is 0 Å². The van der Waals surface area contributed by atoms with Crippen molar-refractivity contribution >= 4 is 44.8 Å². The first-order valence-electron chi connectivity index (χ1n) is 14.1. The summed E-state index contributed by atoms with van der Waals surface area (Å²) in [6.07, 6.45) is 0.960. The van der Waals surface area contributed by atoms with E-state index in [4.69, 9.17) is 16.3 Å². The molecule has 0 saturated heterocycles. The number of amides is 2. The van der Waals surface area contributed by atoms with Crippen LogP contribution in [0.1, 0.15) is 43.4 Å². The number of aryl methyl sites for hydroxylation is 2. The lowest BCUT2D eigenvalue weighted by atomic mass is 10.1. The fourth-order valence-corrected chi connectivity index (χ4v) is 6.22.